The number of carbonyl (C=O) groups is 2. The zero-order valence-corrected chi connectivity index (χ0v) is 8.46. The maximum atomic E-state index is 10.7. The van der Waals surface area contributed by atoms with Gasteiger partial charge in [0.15, 0.2) is 0 Å². The minimum Gasteiger partial charge on any atom is -0.473 e. The summed E-state index contributed by atoms with van der Waals surface area (Å²) in [6.07, 6.45) is -8.17. The molecule has 1 saturated heterocycles. The van der Waals surface area contributed by atoms with Gasteiger partial charge in [-0.1, -0.05) is 0 Å². The molecule has 0 amide bonds. The smallest absolute Gasteiger partial charge is 0.419 e. The van der Waals surface area contributed by atoms with E-state index in [4.69, 9.17) is 14.9 Å². The Bertz CT molecular complexity index is 301. The zero-order valence-electron chi connectivity index (χ0n) is 8.46. The Labute approximate surface area is 94.8 Å². The van der Waals surface area contributed by atoms with Gasteiger partial charge in [-0.3, -0.25) is 0 Å². The summed E-state index contributed by atoms with van der Waals surface area (Å²) in [5, 5.41) is 45.1. The number of aliphatic hydroxyl groups is 4. The first-order valence-electron chi connectivity index (χ1n) is 4.63. The van der Waals surface area contributed by atoms with Crippen molar-refractivity contribution >= 4 is 11.9 Å². The molecule has 5 N–H and O–H groups in total. The van der Waals surface area contributed by atoms with Gasteiger partial charge in [-0.15, -0.1) is 0 Å². The van der Waals surface area contributed by atoms with Gasteiger partial charge >= 0.3 is 11.9 Å². The minimum absolute atomic E-state index is 0.702. The molecule has 0 saturated carbocycles. The molecule has 0 aromatic rings. The van der Waals surface area contributed by atoms with Crippen molar-refractivity contribution in [1.82, 2.24) is 0 Å². The standard InChI is InChI=1S/C8H12O9/c9-1-2-3(10)4(11)5(12)8(16-2)17-7(15)6(13)14/h2-5,8-12H,1H2,(H,13,14)/t2-,3-,4+,5-,8?/m1/s1. The number of esters is 1. The quantitative estimate of drug-likeness (QED) is 0.248. The van der Waals surface area contributed by atoms with Crippen molar-refractivity contribution in [3.63, 3.8) is 0 Å². The highest BCUT2D eigenvalue weighted by Gasteiger charge is 2.45. The summed E-state index contributed by atoms with van der Waals surface area (Å²) < 4.78 is 8.96. The molecule has 9 nitrogen and oxygen atoms in total. The van der Waals surface area contributed by atoms with Crippen molar-refractivity contribution in [2.45, 2.75) is 30.7 Å². The summed E-state index contributed by atoms with van der Waals surface area (Å²) >= 11 is 0. The molecule has 1 unspecified atom stereocenters. The monoisotopic (exact) mass is 252 g/mol. The van der Waals surface area contributed by atoms with Crippen LogP contribution >= 0.6 is 0 Å². The maximum Gasteiger partial charge on any atom is 0.419 e. The lowest BCUT2D eigenvalue weighted by molar-refractivity contribution is -0.292. The lowest BCUT2D eigenvalue weighted by Crippen LogP contribution is -2.59. The van der Waals surface area contributed by atoms with Gasteiger partial charge in [0.2, 0.25) is 6.29 Å². The molecule has 17 heavy (non-hydrogen) atoms. The molecule has 0 radical (unpaired) electrons. The van der Waals surface area contributed by atoms with Crippen LogP contribution in [0.3, 0.4) is 0 Å². The molecule has 0 aromatic carbocycles. The normalized spacial score (nSPS) is 37.5. The molecule has 0 aliphatic carbocycles. The Morgan fingerprint density at radius 3 is 2.18 bits per heavy atom. The van der Waals surface area contributed by atoms with Crippen LogP contribution in [0.2, 0.25) is 0 Å². The fourth-order valence-corrected chi connectivity index (χ4v) is 1.32. The Morgan fingerprint density at radius 1 is 1.12 bits per heavy atom. The van der Waals surface area contributed by atoms with Crippen LogP contribution in [0.25, 0.3) is 0 Å². The fraction of sp³-hybridized carbons (Fsp3) is 0.750. The molecular formula is C8H12O9. The van der Waals surface area contributed by atoms with Gasteiger partial charge in [-0.2, -0.15) is 0 Å². The Hall–Kier alpha value is -1.26. The number of carboxylic acid groups (broad SMARTS) is 1. The predicted molar refractivity (Wildman–Crippen MR) is 47.5 cm³/mol. The van der Waals surface area contributed by atoms with Crippen LogP contribution in [0.15, 0.2) is 0 Å². The third-order valence-electron chi connectivity index (χ3n) is 2.25. The van der Waals surface area contributed by atoms with Crippen LogP contribution < -0.4 is 0 Å². The van der Waals surface area contributed by atoms with E-state index in [0.717, 1.165) is 0 Å². The largest absolute Gasteiger partial charge is 0.473 e. The van der Waals surface area contributed by atoms with Crippen LogP contribution in [0.4, 0.5) is 0 Å². The maximum absolute atomic E-state index is 10.7. The van der Waals surface area contributed by atoms with Crippen molar-refractivity contribution in [3.8, 4) is 0 Å². The second-order valence-corrected chi connectivity index (χ2v) is 3.41. The molecule has 1 aliphatic heterocycles. The first-order valence-corrected chi connectivity index (χ1v) is 4.63. The van der Waals surface area contributed by atoms with Crippen molar-refractivity contribution in [1.29, 1.82) is 0 Å². The number of carboxylic acids is 1. The van der Waals surface area contributed by atoms with Crippen molar-refractivity contribution in [2.24, 2.45) is 0 Å². The fourth-order valence-electron chi connectivity index (χ4n) is 1.32. The van der Waals surface area contributed by atoms with E-state index in [-0.39, 0.29) is 0 Å². The summed E-state index contributed by atoms with van der Waals surface area (Å²) in [4.78, 5) is 20.9. The van der Waals surface area contributed by atoms with E-state index < -0.39 is 49.3 Å². The SMILES string of the molecule is O=C(O)C(=O)OC1O[C@H](CO)[C@@H](O)[C@H](O)[C@H]1O. The van der Waals surface area contributed by atoms with Crippen LogP contribution in [0.1, 0.15) is 0 Å². The van der Waals surface area contributed by atoms with Crippen molar-refractivity contribution < 1.29 is 44.6 Å². The average Bonchev–Trinajstić information content (AvgIpc) is 2.29. The van der Waals surface area contributed by atoms with Crippen LogP contribution in [-0.2, 0) is 19.1 Å². The Kier molecular flexibility index (Phi) is 4.37. The molecule has 5 atom stereocenters. The molecule has 0 spiro atoms. The van der Waals surface area contributed by atoms with Gasteiger partial charge in [-0.05, 0) is 0 Å². The van der Waals surface area contributed by atoms with Gasteiger partial charge in [0.25, 0.3) is 0 Å². The second kappa shape index (κ2) is 5.38. The van der Waals surface area contributed by atoms with Crippen molar-refractivity contribution in [3.05, 3.63) is 0 Å². The molecule has 1 fully saturated rings. The van der Waals surface area contributed by atoms with E-state index >= 15 is 0 Å². The third-order valence-corrected chi connectivity index (χ3v) is 2.25. The molecule has 1 heterocycles. The van der Waals surface area contributed by atoms with Crippen LogP contribution in [0, 0.1) is 0 Å². The van der Waals surface area contributed by atoms with Gasteiger partial charge in [0.05, 0.1) is 6.61 Å². The molecule has 9 heteroatoms. The van der Waals surface area contributed by atoms with Gasteiger partial charge in [0.1, 0.15) is 24.4 Å². The van der Waals surface area contributed by atoms with Gasteiger partial charge in [-0.25, -0.2) is 9.59 Å². The highest BCUT2D eigenvalue weighted by molar-refractivity contribution is 6.28. The lowest BCUT2D eigenvalue weighted by Gasteiger charge is -2.38. The Morgan fingerprint density at radius 2 is 1.71 bits per heavy atom. The predicted octanol–water partition coefficient (Wildman–Crippen LogP) is -3.59. The topological polar surface area (TPSA) is 154 Å². The minimum atomic E-state index is -1.90. The number of hydrogen-bond donors (Lipinski definition) is 5. The highest BCUT2D eigenvalue weighted by Crippen LogP contribution is 2.21. The number of aliphatic hydroxyl groups excluding tert-OH is 4. The molecular weight excluding hydrogens is 240 g/mol. The van der Waals surface area contributed by atoms with E-state index in [1.165, 1.54) is 0 Å². The summed E-state index contributed by atoms with van der Waals surface area (Å²) in [5.41, 5.74) is 0. The van der Waals surface area contributed by atoms with E-state index in [2.05, 4.69) is 4.74 Å². The average molecular weight is 252 g/mol. The molecule has 98 valence electrons. The third kappa shape index (κ3) is 2.90. The van der Waals surface area contributed by atoms with E-state index in [9.17, 15) is 24.9 Å². The number of hydrogen-bond acceptors (Lipinski definition) is 8. The summed E-state index contributed by atoms with van der Waals surface area (Å²) in [7, 11) is 0. The second-order valence-electron chi connectivity index (χ2n) is 3.41. The van der Waals surface area contributed by atoms with Crippen LogP contribution in [0.5, 0.6) is 0 Å². The first kappa shape index (κ1) is 13.8. The molecule has 1 rings (SSSR count). The summed E-state index contributed by atoms with van der Waals surface area (Å²) in [6, 6.07) is 0. The summed E-state index contributed by atoms with van der Waals surface area (Å²) in [5.74, 6) is -3.59. The van der Waals surface area contributed by atoms with E-state index in [1.807, 2.05) is 0 Å². The van der Waals surface area contributed by atoms with Crippen LogP contribution in [-0.4, -0.2) is 74.8 Å². The highest BCUT2D eigenvalue weighted by atomic mass is 16.7. The number of aliphatic carboxylic acids is 1. The molecule has 0 aromatic heterocycles. The van der Waals surface area contributed by atoms with Gasteiger partial charge in [0, 0.05) is 0 Å². The Balaban J connectivity index is 2.72. The molecule has 0 bridgehead atoms. The first-order chi connectivity index (χ1) is 7.88. The van der Waals surface area contributed by atoms with E-state index in [1.54, 1.807) is 0 Å². The van der Waals surface area contributed by atoms with Gasteiger partial charge < -0.3 is 35.0 Å². The van der Waals surface area contributed by atoms with E-state index in [0.29, 0.717) is 0 Å². The zero-order chi connectivity index (χ0) is 13.2. The lowest BCUT2D eigenvalue weighted by atomic mass is 9.99. The molecule has 1 aliphatic rings. The number of ether oxygens (including phenoxy) is 2. The van der Waals surface area contributed by atoms with Crippen molar-refractivity contribution in [2.75, 3.05) is 6.61 Å². The summed E-state index contributed by atoms with van der Waals surface area (Å²) in [6.45, 7) is -0.702. The number of carbonyl (C=O) groups excluding carboxylic acids is 1. The number of rotatable bonds is 2.